The summed E-state index contributed by atoms with van der Waals surface area (Å²) in [5, 5.41) is 3.16. The van der Waals surface area contributed by atoms with E-state index >= 15 is 0 Å². The van der Waals surface area contributed by atoms with Crippen LogP contribution in [0.15, 0.2) is 36.7 Å². The third-order valence-corrected chi connectivity index (χ3v) is 3.44. The van der Waals surface area contributed by atoms with E-state index in [1.165, 1.54) is 11.8 Å². The molecule has 0 radical (unpaired) electrons. The molecule has 1 aliphatic rings. The molecule has 108 valence electrons. The molecule has 0 atom stereocenters. The first kappa shape index (κ1) is 13.5. The van der Waals surface area contributed by atoms with Gasteiger partial charge in [0.1, 0.15) is 11.5 Å². The highest BCUT2D eigenvalue weighted by Gasteiger charge is 2.26. The Bertz CT molecular complexity index is 652. The minimum absolute atomic E-state index is 0.0939. The molecular weight excluding hydrogens is 264 g/mol. The number of nitrogens with zero attached hydrogens (tertiary/aromatic N) is 3. The zero-order valence-corrected chi connectivity index (χ0v) is 12.2. The minimum Gasteiger partial charge on any atom is -0.367 e. The molecule has 0 saturated heterocycles. The van der Waals surface area contributed by atoms with Gasteiger partial charge in [-0.3, -0.25) is 4.79 Å². The van der Waals surface area contributed by atoms with Gasteiger partial charge in [0.15, 0.2) is 0 Å². The van der Waals surface area contributed by atoms with Gasteiger partial charge in [-0.2, -0.15) is 0 Å². The minimum atomic E-state index is -0.0939. The summed E-state index contributed by atoms with van der Waals surface area (Å²) in [5.41, 5.74) is 2.56. The zero-order chi connectivity index (χ0) is 14.8. The highest BCUT2D eigenvalue weighted by Crippen LogP contribution is 2.28. The summed E-state index contributed by atoms with van der Waals surface area (Å²) in [5.74, 6) is 0.590. The van der Waals surface area contributed by atoms with Gasteiger partial charge in [0, 0.05) is 18.3 Å². The maximum Gasteiger partial charge on any atom is 0.278 e. The fourth-order valence-corrected chi connectivity index (χ4v) is 2.50. The number of carbonyl (C=O) groups excluding carboxylic acids is 1. The lowest BCUT2D eigenvalue weighted by atomic mass is 10.2. The second-order valence-corrected chi connectivity index (χ2v) is 5.42. The third kappa shape index (κ3) is 2.72. The van der Waals surface area contributed by atoms with Gasteiger partial charge in [-0.15, -0.1) is 0 Å². The van der Waals surface area contributed by atoms with Crippen molar-refractivity contribution in [1.29, 1.82) is 0 Å². The van der Waals surface area contributed by atoms with Crippen molar-refractivity contribution in [2.24, 2.45) is 0 Å². The van der Waals surface area contributed by atoms with Crippen LogP contribution in [0.25, 0.3) is 0 Å². The number of nitrogens with one attached hydrogen (secondary N) is 1. The maximum atomic E-state index is 12.5. The summed E-state index contributed by atoms with van der Waals surface area (Å²) >= 11 is 0. The second kappa shape index (κ2) is 5.52. The molecular formula is C16H18N4O. The van der Waals surface area contributed by atoms with E-state index in [4.69, 9.17) is 0 Å². The lowest BCUT2D eigenvalue weighted by Gasteiger charge is -2.16. The van der Waals surface area contributed by atoms with Gasteiger partial charge in [0.2, 0.25) is 0 Å². The fraction of sp³-hybridized carbons (Fsp3) is 0.312. The Morgan fingerprint density at radius 2 is 2.05 bits per heavy atom. The first-order chi connectivity index (χ1) is 10.1. The van der Waals surface area contributed by atoms with Crippen LogP contribution < -0.4 is 10.2 Å². The quantitative estimate of drug-likeness (QED) is 0.939. The van der Waals surface area contributed by atoms with Crippen molar-refractivity contribution in [3.63, 3.8) is 0 Å². The Morgan fingerprint density at radius 1 is 1.24 bits per heavy atom. The van der Waals surface area contributed by atoms with Gasteiger partial charge in [0.25, 0.3) is 5.91 Å². The molecule has 21 heavy (non-hydrogen) atoms. The Kier molecular flexibility index (Phi) is 3.56. The number of fused-ring (bicyclic) bond motifs is 1. The summed E-state index contributed by atoms with van der Waals surface area (Å²) in [6, 6.07) is 8.27. The molecule has 5 heteroatoms. The molecule has 2 aromatic rings. The monoisotopic (exact) mass is 282 g/mol. The van der Waals surface area contributed by atoms with Gasteiger partial charge in [-0.05, 0) is 31.9 Å². The van der Waals surface area contributed by atoms with Gasteiger partial charge in [0.05, 0.1) is 12.4 Å². The Morgan fingerprint density at radius 3 is 2.76 bits per heavy atom. The number of carbonyl (C=O) groups is 1. The number of amides is 1. The highest BCUT2D eigenvalue weighted by atomic mass is 16.2. The zero-order valence-electron chi connectivity index (χ0n) is 12.2. The van der Waals surface area contributed by atoms with E-state index in [0.29, 0.717) is 18.1 Å². The molecule has 1 amide bonds. The van der Waals surface area contributed by atoms with E-state index in [9.17, 15) is 4.79 Å². The van der Waals surface area contributed by atoms with Crippen LogP contribution in [-0.2, 0) is 6.42 Å². The predicted octanol–water partition coefficient (Wildman–Crippen LogP) is 2.50. The first-order valence-electron chi connectivity index (χ1n) is 7.13. The van der Waals surface area contributed by atoms with Gasteiger partial charge >= 0.3 is 0 Å². The van der Waals surface area contributed by atoms with Gasteiger partial charge in [-0.1, -0.05) is 18.2 Å². The average molecular weight is 282 g/mol. The molecule has 0 bridgehead atoms. The molecule has 3 rings (SSSR count). The van der Waals surface area contributed by atoms with E-state index in [1.54, 1.807) is 11.1 Å². The largest absolute Gasteiger partial charge is 0.367 e. The molecule has 1 aliphatic heterocycles. The summed E-state index contributed by atoms with van der Waals surface area (Å²) in [6.45, 7) is 4.76. The van der Waals surface area contributed by atoms with Crippen LogP contribution in [0.4, 0.5) is 11.5 Å². The van der Waals surface area contributed by atoms with Crippen molar-refractivity contribution in [3.8, 4) is 0 Å². The SMILES string of the molecule is CC(C)Nc1cnc(C(=O)N2CCc3ccccc32)cn1. The van der Waals surface area contributed by atoms with Crippen molar-refractivity contribution in [3.05, 3.63) is 47.9 Å². The number of rotatable bonds is 3. The van der Waals surface area contributed by atoms with Crippen LogP contribution in [0, 0.1) is 0 Å². The third-order valence-electron chi connectivity index (χ3n) is 3.44. The van der Waals surface area contributed by atoms with E-state index in [-0.39, 0.29) is 11.9 Å². The standard InChI is InChI=1S/C16H18N4O/c1-11(2)19-15-10-17-13(9-18-15)16(21)20-8-7-12-5-3-4-6-14(12)20/h3-6,9-11H,7-8H2,1-2H3,(H,18,19). The normalized spacial score (nSPS) is 13.4. The van der Waals surface area contributed by atoms with Crippen LogP contribution in [-0.4, -0.2) is 28.5 Å². The number of benzene rings is 1. The number of hydrogen-bond donors (Lipinski definition) is 1. The first-order valence-corrected chi connectivity index (χ1v) is 7.13. The molecule has 1 aromatic heterocycles. The van der Waals surface area contributed by atoms with Crippen molar-refractivity contribution in [1.82, 2.24) is 9.97 Å². The number of aromatic nitrogens is 2. The van der Waals surface area contributed by atoms with E-state index < -0.39 is 0 Å². The van der Waals surface area contributed by atoms with E-state index in [0.717, 1.165) is 12.1 Å². The Hall–Kier alpha value is -2.43. The lowest BCUT2D eigenvalue weighted by Crippen LogP contribution is -2.29. The van der Waals surface area contributed by atoms with Crippen molar-refractivity contribution in [2.75, 3.05) is 16.8 Å². The molecule has 2 heterocycles. The highest BCUT2D eigenvalue weighted by molar-refractivity contribution is 6.05. The molecule has 0 saturated carbocycles. The number of anilines is 2. The number of para-hydroxylation sites is 1. The predicted molar refractivity (Wildman–Crippen MR) is 82.6 cm³/mol. The molecule has 5 nitrogen and oxygen atoms in total. The van der Waals surface area contributed by atoms with Crippen LogP contribution >= 0.6 is 0 Å². The lowest BCUT2D eigenvalue weighted by molar-refractivity contribution is 0.0984. The number of hydrogen-bond acceptors (Lipinski definition) is 4. The van der Waals surface area contributed by atoms with Crippen LogP contribution in [0.1, 0.15) is 29.9 Å². The summed E-state index contributed by atoms with van der Waals surface area (Å²) in [6.07, 6.45) is 4.03. The average Bonchev–Trinajstić information content (AvgIpc) is 2.90. The van der Waals surface area contributed by atoms with Crippen LogP contribution in [0.3, 0.4) is 0 Å². The topological polar surface area (TPSA) is 58.1 Å². The molecule has 1 N–H and O–H groups in total. The summed E-state index contributed by atoms with van der Waals surface area (Å²) < 4.78 is 0. The maximum absolute atomic E-state index is 12.5. The molecule has 0 spiro atoms. The van der Waals surface area contributed by atoms with Crippen molar-refractivity contribution < 1.29 is 4.79 Å². The molecule has 0 fully saturated rings. The van der Waals surface area contributed by atoms with Crippen LogP contribution in [0.5, 0.6) is 0 Å². The van der Waals surface area contributed by atoms with Crippen molar-refractivity contribution in [2.45, 2.75) is 26.3 Å². The van der Waals surface area contributed by atoms with Gasteiger partial charge in [-0.25, -0.2) is 9.97 Å². The molecule has 0 aliphatic carbocycles. The van der Waals surface area contributed by atoms with Crippen LogP contribution in [0.2, 0.25) is 0 Å². The summed E-state index contributed by atoms with van der Waals surface area (Å²) in [7, 11) is 0. The molecule has 1 aromatic carbocycles. The van der Waals surface area contributed by atoms with E-state index in [1.807, 2.05) is 32.0 Å². The summed E-state index contributed by atoms with van der Waals surface area (Å²) in [4.78, 5) is 22.8. The van der Waals surface area contributed by atoms with Gasteiger partial charge < -0.3 is 10.2 Å². The molecule has 0 unspecified atom stereocenters. The smallest absolute Gasteiger partial charge is 0.278 e. The fourth-order valence-electron chi connectivity index (χ4n) is 2.50. The Balaban J connectivity index is 1.80. The van der Waals surface area contributed by atoms with Crippen molar-refractivity contribution >= 4 is 17.4 Å². The van der Waals surface area contributed by atoms with E-state index in [2.05, 4.69) is 21.4 Å². The Labute approximate surface area is 124 Å². The second-order valence-electron chi connectivity index (χ2n) is 5.42.